The van der Waals surface area contributed by atoms with Crippen LogP contribution in [0.2, 0.25) is 0 Å². The first kappa shape index (κ1) is 20.2. The normalized spacial score (nSPS) is 18.0. The lowest BCUT2D eigenvalue weighted by atomic mass is 9.79. The van der Waals surface area contributed by atoms with Crippen LogP contribution in [0.5, 0.6) is 5.75 Å². The number of benzene rings is 1. The zero-order valence-electron chi connectivity index (χ0n) is 16.2. The maximum atomic E-state index is 11.4. The van der Waals surface area contributed by atoms with Crippen LogP contribution in [0.25, 0.3) is 0 Å². The molecule has 0 saturated carbocycles. The van der Waals surface area contributed by atoms with Crippen molar-refractivity contribution in [3.8, 4) is 5.75 Å². The third-order valence-electron chi connectivity index (χ3n) is 5.23. The molecule has 1 aromatic carbocycles. The van der Waals surface area contributed by atoms with Gasteiger partial charge in [0, 0.05) is 12.1 Å². The molecule has 4 nitrogen and oxygen atoms in total. The number of rotatable bonds is 8. The SMILES string of the molecule is CC(C)N(CCC(c1cc(C(=O)O)ccc1O)C1C=CC=CC1)C(C)C. The molecular weight excluding hydrogens is 326 g/mol. The second-order valence-corrected chi connectivity index (χ2v) is 7.61. The summed E-state index contributed by atoms with van der Waals surface area (Å²) in [5, 5.41) is 19.8. The van der Waals surface area contributed by atoms with E-state index in [1.165, 1.54) is 12.1 Å². The lowest BCUT2D eigenvalue weighted by molar-refractivity contribution is 0.0696. The highest BCUT2D eigenvalue weighted by Gasteiger charge is 2.26. The highest BCUT2D eigenvalue weighted by molar-refractivity contribution is 5.88. The summed E-state index contributed by atoms with van der Waals surface area (Å²) < 4.78 is 0. The smallest absolute Gasteiger partial charge is 0.335 e. The second kappa shape index (κ2) is 9.04. The van der Waals surface area contributed by atoms with Gasteiger partial charge in [-0.1, -0.05) is 24.3 Å². The molecule has 1 aliphatic rings. The molecule has 0 bridgehead atoms. The number of nitrogens with zero attached hydrogens (tertiary/aromatic N) is 1. The number of aromatic hydroxyl groups is 1. The van der Waals surface area contributed by atoms with Gasteiger partial charge in [0.2, 0.25) is 0 Å². The van der Waals surface area contributed by atoms with Crippen LogP contribution >= 0.6 is 0 Å². The molecule has 0 amide bonds. The third-order valence-corrected chi connectivity index (χ3v) is 5.23. The Bertz CT molecular complexity index is 668. The summed E-state index contributed by atoms with van der Waals surface area (Å²) in [6.07, 6.45) is 10.2. The summed E-state index contributed by atoms with van der Waals surface area (Å²) in [6.45, 7) is 9.69. The lowest BCUT2D eigenvalue weighted by Gasteiger charge is -2.34. The summed E-state index contributed by atoms with van der Waals surface area (Å²) in [6, 6.07) is 5.50. The van der Waals surface area contributed by atoms with E-state index >= 15 is 0 Å². The van der Waals surface area contributed by atoms with E-state index in [4.69, 9.17) is 0 Å². The summed E-state index contributed by atoms with van der Waals surface area (Å²) in [4.78, 5) is 13.8. The standard InChI is InChI=1S/C22H31NO3/c1-15(2)23(16(3)4)13-12-19(17-8-6-5-7-9-17)20-14-18(22(25)26)10-11-21(20)24/h5-8,10-11,14-17,19,24H,9,12-13H2,1-4H3,(H,25,26). The van der Waals surface area contributed by atoms with E-state index in [0.29, 0.717) is 12.1 Å². The Morgan fingerprint density at radius 2 is 1.88 bits per heavy atom. The van der Waals surface area contributed by atoms with Crippen molar-refractivity contribution in [3.63, 3.8) is 0 Å². The van der Waals surface area contributed by atoms with E-state index in [2.05, 4.69) is 44.7 Å². The Morgan fingerprint density at radius 1 is 1.19 bits per heavy atom. The number of phenolic OH excluding ortho intramolecular Hbond substituents is 1. The zero-order chi connectivity index (χ0) is 19.3. The molecule has 2 N–H and O–H groups in total. The van der Waals surface area contributed by atoms with E-state index in [9.17, 15) is 15.0 Å². The Hall–Kier alpha value is -2.07. The van der Waals surface area contributed by atoms with Crippen LogP contribution in [0.15, 0.2) is 42.5 Å². The van der Waals surface area contributed by atoms with Gasteiger partial charge >= 0.3 is 5.97 Å². The van der Waals surface area contributed by atoms with Gasteiger partial charge in [-0.25, -0.2) is 4.79 Å². The van der Waals surface area contributed by atoms with Gasteiger partial charge in [-0.2, -0.15) is 0 Å². The highest BCUT2D eigenvalue weighted by atomic mass is 16.4. The Labute approximate surface area is 156 Å². The van der Waals surface area contributed by atoms with Crippen LogP contribution in [0.1, 0.15) is 62.4 Å². The molecule has 4 heteroatoms. The number of carboxylic acids is 1. The molecule has 1 aromatic rings. The van der Waals surface area contributed by atoms with Crippen molar-refractivity contribution in [1.29, 1.82) is 0 Å². The quantitative estimate of drug-likeness (QED) is 0.700. The molecule has 1 aliphatic carbocycles. The maximum Gasteiger partial charge on any atom is 0.335 e. The van der Waals surface area contributed by atoms with E-state index in [1.807, 2.05) is 12.2 Å². The average Bonchev–Trinajstić information content (AvgIpc) is 2.59. The minimum atomic E-state index is -0.963. The molecule has 0 aromatic heterocycles. The molecule has 0 radical (unpaired) electrons. The molecule has 2 rings (SSSR count). The van der Waals surface area contributed by atoms with Crippen molar-refractivity contribution in [2.24, 2.45) is 5.92 Å². The first-order chi connectivity index (χ1) is 12.3. The lowest BCUT2D eigenvalue weighted by Crippen LogP contribution is -2.38. The van der Waals surface area contributed by atoms with Crippen LogP contribution in [0.4, 0.5) is 0 Å². The van der Waals surface area contributed by atoms with Crippen molar-refractivity contribution in [1.82, 2.24) is 4.90 Å². The van der Waals surface area contributed by atoms with Crippen molar-refractivity contribution in [2.75, 3.05) is 6.54 Å². The molecule has 26 heavy (non-hydrogen) atoms. The van der Waals surface area contributed by atoms with Gasteiger partial charge in [0.1, 0.15) is 5.75 Å². The molecule has 0 saturated heterocycles. The fourth-order valence-corrected chi connectivity index (χ4v) is 3.88. The topological polar surface area (TPSA) is 60.8 Å². The van der Waals surface area contributed by atoms with Crippen LogP contribution in [0, 0.1) is 5.92 Å². The predicted molar refractivity (Wildman–Crippen MR) is 106 cm³/mol. The molecule has 0 heterocycles. The number of aromatic carboxylic acids is 1. The van der Waals surface area contributed by atoms with Gasteiger partial charge in [0.25, 0.3) is 0 Å². The monoisotopic (exact) mass is 357 g/mol. The largest absolute Gasteiger partial charge is 0.508 e. The summed E-state index contributed by atoms with van der Waals surface area (Å²) >= 11 is 0. The first-order valence-corrected chi connectivity index (χ1v) is 9.46. The molecular formula is C22H31NO3. The van der Waals surface area contributed by atoms with Crippen LogP contribution in [0.3, 0.4) is 0 Å². The fraction of sp³-hybridized carbons (Fsp3) is 0.500. The molecule has 142 valence electrons. The third kappa shape index (κ3) is 4.98. The predicted octanol–water partition coefficient (Wildman–Crippen LogP) is 4.82. The van der Waals surface area contributed by atoms with E-state index in [-0.39, 0.29) is 23.1 Å². The van der Waals surface area contributed by atoms with Gasteiger partial charge < -0.3 is 10.2 Å². The Balaban J connectivity index is 2.33. The van der Waals surface area contributed by atoms with Crippen molar-refractivity contribution in [3.05, 3.63) is 53.6 Å². The minimum Gasteiger partial charge on any atom is -0.508 e. The van der Waals surface area contributed by atoms with Crippen LogP contribution < -0.4 is 0 Å². The van der Waals surface area contributed by atoms with Gasteiger partial charge in [0.05, 0.1) is 5.56 Å². The van der Waals surface area contributed by atoms with Crippen LogP contribution in [-0.4, -0.2) is 39.7 Å². The minimum absolute atomic E-state index is 0.0792. The Kier molecular flexibility index (Phi) is 7.04. The molecule has 0 spiro atoms. The fourth-order valence-electron chi connectivity index (χ4n) is 3.88. The first-order valence-electron chi connectivity index (χ1n) is 9.46. The Morgan fingerprint density at radius 3 is 2.42 bits per heavy atom. The summed E-state index contributed by atoms with van der Waals surface area (Å²) in [5.74, 6) is -0.440. The van der Waals surface area contributed by atoms with Crippen molar-refractivity contribution in [2.45, 2.75) is 58.5 Å². The van der Waals surface area contributed by atoms with Crippen molar-refractivity contribution < 1.29 is 15.0 Å². The average molecular weight is 357 g/mol. The zero-order valence-corrected chi connectivity index (χ0v) is 16.2. The second-order valence-electron chi connectivity index (χ2n) is 7.61. The summed E-state index contributed by atoms with van der Waals surface area (Å²) in [7, 11) is 0. The van der Waals surface area contributed by atoms with E-state index < -0.39 is 5.97 Å². The molecule has 0 fully saturated rings. The van der Waals surface area contributed by atoms with Crippen LogP contribution in [-0.2, 0) is 0 Å². The maximum absolute atomic E-state index is 11.4. The van der Waals surface area contributed by atoms with E-state index in [0.717, 1.165) is 24.9 Å². The van der Waals surface area contributed by atoms with Crippen molar-refractivity contribution >= 4 is 5.97 Å². The number of allylic oxidation sites excluding steroid dienone is 4. The number of hydrogen-bond donors (Lipinski definition) is 2. The summed E-state index contributed by atoms with van der Waals surface area (Å²) in [5.41, 5.74) is 0.963. The molecule has 0 aliphatic heterocycles. The van der Waals surface area contributed by atoms with Gasteiger partial charge in [0.15, 0.2) is 0 Å². The number of carboxylic acid groups (broad SMARTS) is 1. The van der Waals surface area contributed by atoms with E-state index in [1.54, 1.807) is 6.07 Å². The van der Waals surface area contributed by atoms with Gasteiger partial charge in [-0.05, 0) is 82.7 Å². The number of phenols is 1. The highest BCUT2D eigenvalue weighted by Crippen LogP contribution is 2.38. The molecule has 2 atom stereocenters. The number of hydrogen-bond acceptors (Lipinski definition) is 3. The van der Waals surface area contributed by atoms with Gasteiger partial charge in [-0.3, -0.25) is 4.90 Å². The molecule has 2 unspecified atom stereocenters. The number of carbonyl (C=O) groups is 1. The van der Waals surface area contributed by atoms with Gasteiger partial charge in [-0.15, -0.1) is 0 Å².